The number of nitrogens with zero attached hydrogens (tertiary/aromatic N) is 2. The van der Waals surface area contributed by atoms with Gasteiger partial charge < -0.3 is 15.1 Å². The van der Waals surface area contributed by atoms with E-state index >= 15 is 0 Å². The highest BCUT2D eigenvalue weighted by Crippen LogP contribution is 2.17. The van der Waals surface area contributed by atoms with E-state index in [0.29, 0.717) is 0 Å². The van der Waals surface area contributed by atoms with Crippen molar-refractivity contribution in [2.45, 2.75) is 40.2 Å². The van der Waals surface area contributed by atoms with E-state index in [-0.39, 0.29) is 0 Å². The lowest BCUT2D eigenvalue weighted by Crippen LogP contribution is -2.35. The largest absolute Gasteiger partial charge is 0.315 e. The fourth-order valence-electron chi connectivity index (χ4n) is 2.58. The van der Waals surface area contributed by atoms with E-state index < -0.39 is 0 Å². The van der Waals surface area contributed by atoms with Gasteiger partial charge in [-0.2, -0.15) is 0 Å². The number of likely N-dealkylation sites (tertiary alicyclic amines) is 1. The summed E-state index contributed by atoms with van der Waals surface area (Å²) >= 11 is 0. The molecule has 1 heterocycles. The first-order valence-corrected chi connectivity index (χ1v) is 7.34. The lowest BCUT2D eigenvalue weighted by Gasteiger charge is -2.21. The Morgan fingerprint density at radius 1 is 1.29 bits per heavy atom. The van der Waals surface area contributed by atoms with Crippen molar-refractivity contribution in [1.29, 1.82) is 0 Å². The molecule has 0 aromatic carbocycles. The van der Waals surface area contributed by atoms with Crippen LogP contribution in [0.25, 0.3) is 0 Å². The zero-order valence-corrected chi connectivity index (χ0v) is 12.2. The molecule has 1 unspecified atom stereocenters. The molecule has 0 saturated carbocycles. The SMILES string of the molecule is CCN(CC)CCNCC1CCN(C(C)C)C1. The molecule has 3 nitrogen and oxygen atoms in total. The Labute approximate surface area is 108 Å². The fourth-order valence-corrected chi connectivity index (χ4v) is 2.58. The molecule has 1 saturated heterocycles. The lowest BCUT2D eigenvalue weighted by atomic mass is 10.1. The molecular weight excluding hydrogens is 210 g/mol. The second kappa shape index (κ2) is 8.06. The number of rotatable bonds is 8. The van der Waals surface area contributed by atoms with E-state index in [1.807, 2.05) is 0 Å². The molecule has 0 radical (unpaired) electrons. The van der Waals surface area contributed by atoms with Gasteiger partial charge >= 0.3 is 0 Å². The van der Waals surface area contributed by atoms with E-state index in [4.69, 9.17) is 0 Å². The zero-order chi connectivity index (χ0) is 12.7. The number of hydrogen-bond donors (Lipinski definition) is 1. The van der Waals surface area contributed by atoms with Crippen LogP contribution in [0, 0.1) is 5.92 Å². The van der Waals surface area contributed by atoms with Crippen molar-refractivity contribution in [2.24, 2.45) is 5.92 Å². The van der Waals surface area contributed by atoms with Crippen LogP contribution in [0.2, 0.25) is 0 Å². The lowest BCUT2D eigenvalue weighted by molar-refractivity contribution is 0.262. The Morgan fingerprint density at radius 3 is 2.53 bits per heavy atom. The van der Waals surface area contributed by atoms with Crippen LogP contribution in [0.1, 0.15) is 34.1 Å². The van der Waals surface area contributed by atoms with Gasteiger partial charge in [-0.3, -0.25) is 0 Å². The van der Waals surface area contributed by atoms with Gasteiger partial charge in [-0.1, -0.05) is 13.8 Å². The molecule has 1 fully saturated rings. The maximum Gasteiger partial charge on any atom is 0.0107 e. The van der Waals surface area contributed by atoms with Gasteiger partial charge in [0.25, 0.3) is 0 Å². The highest BCUT2D eigenvalue weighted by atomic mass is 15.2. The molecule has 0 amide bonds. The highest BCUT2D eigenvalue weighted by Gasteiger charge is 2.23. The van der Waals surface area contributed by atoms with Crippen LogP contribution in [-0.4, -0.2) is 61.7 Å². The molecule has 1 aliphatic rings. The minimum Gasteiger partial charge on any atom is -0.315 e. The second-order valence-electron chi connectivity index (χ2n) is 5.47. The normalized spacial score (nSPS) is 21.9. The molecule has 1 rings (SSSR count). The number of hydrogen-bond acceptors (Lipinski definition) is 3. The maximum atomic E-state index is 3.62. The van der Waals surface area contributed by atoms with E-state index in [1.54, 1.807) is 0 Å². The molecular formula is C14H31N3. The van der Waals surface area contributed by atoms with Gasteiger partial charge in [-0.05, 0) is 52.4 Å². The number of likely N-dealkylation sites (N-methyl/N-ethyl adjacent to an activating group) is 1. The maximum absolute atomic E-state index is 3.62. The molecule has 1 atom stereocenters. The predicted octanol–water partition coefficient (Wildman–Crippen LogP) is 1.65. The minimum atomic E-state index is 0.718. The van der Waals surface area contributed by atoms with Gasteiger partial charge in [-0.15, -0.1) is 0 Å². The molecule has 0 aromatic heterocycles. The monoisotopic (exact) mass is 241 g/mol. The predicted molar refractivity (Wildman–Crippen MR) is 75.5 cm³/mol. The van der Waals surface area contributed by atoms with E-state index in [0.717, 1.165) is 18.5 Å². The summed E-state index contributed by atoms with van der Waals surface area (Å²) in [6, 6.07) is 0.718. The van der Waals surface area contributed by atoms with Gasteiger partial charge in [0.15, 0.2) is 0 Å². The molecule has 0 spiro atoms. The van der Waals surface area contributed by atoms with Crippen molar-refractivity contribution in [3.63, 3.8) is 0 Å². The average Bonchev–Trinajstić information content (AvgIpc) is 2.78. The van der Waals surface area contributed by atoms with Crippen molar-refractivity contribution >= 4 is 0 Å². The molecule has 1 N–H and O–H groups in total. The summed E-state index contributed by atoms with van der Waals surface area (Å²) in [6.07, 6.45) is 1.37. The first-order chi connectivity index (χ1) is 8.17. The Kier molecular flexibility index (Phi) is 7.09. The smallest absolute Gasteiger partial charge is 0.0107 e. The van der Waals surface area contributed by atoms with Crippen LogP contribution in [0.4, 0.5) is 0 Å². The van der Waals surface area contributed by atoms with Crippen molar-refractivity contribution in [3.8, 4) is 0 Å². The minimum absolute atomic E-state index is 0.718. The Balaban J connectivity index is 2.04. The molecule has 1 aliphatic heterocycles. The van der Waals surface area contributed by atoms with Crippen LogP contribution >= 0.6 is 0 Å². The van der Waals surface area contributed by atoms with E-state index in [1.165, 1.54) is 45.7 Å². The molecule has 17 heavy (non-hydrogen) atoms. The highest BCUT2D eigenvalue weighted by molar-refractivity contribution is 4.79. The summed E-state index contributed by atoms with van der Waals surface area (Å²) < 4.78 is 0. The molecule has 0 aliphatic carbocycles. The Bertz CT molecular complexity index is 190. The second-order valence-corrected chi connectivity index (χ2v) is 5.47. The summed E-state index contributed by atoms with van der Waals surface area (Å²) in [5.74, 6) is 0.870. The third-order valence-electron chi connectivity index (χ3n) is 3.98. The van der Waals surface area contributed by atoms with Crippen LogP contribution < -0.4 is 5.32 Å². The average molecular weight is 241 g/mol. The summed E-state index contributed by atoms with van der Waals surface area (Å²) in [6.45, 7) is 17.5. The first kappa shape index (κ1) is 14.9. The van der Waals surface area contributed by atoms with Crippen LogP contribution in [-0.2, 0) is 0 Å². The van der Waals surface area contributed by atoms with Crippen molar-refractivity contribution in [1.82, 2.24) is 15.1 Å². The van der Waals surface area contributed by atoms with Crippen molar-refractivity contribution < 1.29 is 0 Å². The third kappa shape index (κ3) is 5.36. The third-order valence-corrected chi connectivity index (χ3v) is 3.98. The van der Waals surface area contributed by atoms with Gasteiger partial charge in [0, 0.05) is 25.7 Å². The van der Waals surface area contributed by atoms with Crippen LogP contribution in [0.5, 0.6) is 0 Å². The fraction of sp³-hybridized carbons (Fsp3) is 1.00. The van der Waals surface area contributed by atoms with Gasteiger partial charge in [0.1, 0.15) is 0 Å². The summed E-state index contributed by atoms with van der Waals surface area (Å²) in [5.41, 5.74) is 0. The van der Waals surface area contributed by atoms with E-state index in [2.05, 4.69) is 42.8 Å². The summed E-state index contributed by atoms with van der Waals surface area (Å²) in [7, 11) is 0. The van der Waals surface area contributed by atoms with E-state index in [9.17, 15) is 0 Å². The van der Waals surface area contributed by atoms with Gasteiger partial charge in [0.05, 0.1) is 0 Å². The Morgan fingerprint density at radius 2 is 2.00 bits per heavy atom. The molecule has 3 heteroatoms. The van der Waals surface area contributed by atoms with Gasteiger partial charge in [-0.25, -0.2) is 0 Å². The summed E-state index contributed by atoms with van der Waals surface area (Å²) in [5, 5.41) is 3.62. The van der Waals surface area contributed by atoms with Crippen LogP contribution in [0.3, 0.4) is 0 Å². The quantitative estimate of drug-likeness (QED) is 0.652. The van der Waals surface area contributed by atoms with Gasteiger partial charge in [0.2, 0.25) is 0 Å². The molecule has 102 valence electrons. The van der Waals surface area contributed by atoms with Crippen molar-refractivity contribution in [3.05, 3.63) is 0 Å². The standard InChI is InChI=1S/C14H31N3/c1-5-16(6-2)10-8-15-11-14-7-9-17(12-14)13(3)4/h13-15H,5-12H2,1-4H3. The van der Waals surface area contributed by atoms with Crippen molar-refractivity contribution in [2.75, 3.05) is 45.8 Å². The zero-order valence-electron chi connectivity index (χ0n) is 12.2. The van der Waals surface area contributed by atoms with Crippen LogP contribution in [0.15, 0.2) is 0 Å². The topological polar surface area (TPSA) is 18.5 Å². The summed E-state index contributed by atoms with van der Waals surface area (Å²) in [4.78, 5) is 5.07. The first-order valence-electron chi connectivity index (χ1n) is 7.34. The number of nitrogens with one attached hydrogen (secondary N) is 1. The molecule has 0 aromatic rings. The molecule has 0 bridgehead atoms. The Hall–Kier alpha value is -0.120.